The van der Waals surface area contributed by atoms with Gasteiger partial charge in [0.15, 0.2) is 0 Å². The van der Waals surface area contributed by atoms with E-state index < -0.39 is 6.10 Å². The number of thiophene rings is 1. The number of nitriles is 1. The summed E-state index contributed by atoms with van der Waals surface area (Å²) >= 11 is 1.75. The van der Waals surface area contributed by atoms with Crippen molar-refractivity contribution in [1.29, 1.82) is 5.26 Å². The monoisotopic (exact) mass is 461 g/mol. The number of nitrogens with zero attached hydrogens (tertiary/aromatic N) is 1. The normalized spacial score (nSPS) is 27.4. The van der Waals surface area contributed by atoms with Crippen LogP contribution in [0.2, 0.25) is 0 Å². The van der Waals surface area contributed by atoms with Crippen molar-refractivity contribution in [3.05, 3.63) is 22.4 Å². The first-order chi connectivity index (χ1) is 15.5. The number of esters is 1. The number of methoxy groups -OCH3 is 1. The summed E-state index contributed by atoms with van der Waals surface area (Å²) in [6, 6.07) is 6.67. The molecule has 0 bridgehead atoms. The van der Waals surface area contributed by atoms with Crippen LogP contribution < -0.4 is 0 Å². The van der Waals surface area contributed by atoms with Crippen molar-refractivity contribution in [3.63, 3.8) is 0 Å². The fraction of sp³-hybridized carbons (Fsp3) is 0.769. The van der Waals surface area contributed by atoms with Gasteiger partial charge in [0, 0.05) is 16.7 Å². The van der Waals surface area contributed by atoms with Crippen LogP contribution in [-0.2, 0) is 14.9 Å². The van der Waals surface area contributed by atoms with Crippen LogP contribution in [0.1, 0.15) is 88.3 Å². The lowest BCUT2D eigenvalue weighted by molar-refractivity contribution is -0.140. The molecule has 178 valence electrons. The standard InChI is InChI=1S/C26H39NO4S/c1-31-25(30)13-5-3-2-4-9-20-19(18-27)17-22(28)21(20)10-6-11-23(29)26(14-8-15-26)24-12-7-16-32-24/h7,12,16,19-23,28-29H,2-6,8-11,13-15,17H2,1H3. The van der Waals surface area contributed by atoms with Crippen molar-refractivity contribution in [1.82, 2.24) is 0 Å². The molecule has 5 nitrogen and oxygen atoms in total. The predicted molar refractivity (Wildman–Crippen MR) is 126 cm³/mol. The van der Waals surface area contributed by atoms with Crippen LogP contribution in [0.25, 0.3) is 0 Å². The maximum absolute atomic E-state index is 11.2. The second-order valence-electron chi connectivity index (χ2n) is 9.83. The Labute approximate surface area is 196 Å². The lowest BCUT2D eigenvalue weighted by Crippen LogP contribution is -2.45. The van der Waals surface area contributed by atoms with E-state index in [1.807, 2.05) is 0 Å². The maximum Gasteiger partial charge on any atom is 0.305 e. The maximum atomic E-state index is 11.2. The molecule has 2 aliphatic carbocycles. The Bertz CT molecular complexity index is 740. The molecule has 2 fully saturated rings. The van der Waals surface area contributed by atoms with Gasteiger partial charge in [0.2, 0.25) is 0 Å². The molecule has 1 heterocycles. The lowest BCUT2D eigenvalue weighted by atomic mass is 9.63. The van der Waals surface area contributed by atoms with Crippen LogP contribution >= 0.6 is 11.3 Å². The average Bonchev–Trinajstić information content (AvgIpc) is 3.38. The summed E-state index contributed by atoms with van der Waals surface area (Å²) in [5.41, 5.74) is -0.0543. The number of unbranched alkanes of at least 4 members (excludes halogenated alkanes) is 3. The summed E-state index contributed by atoms with van der Waals surface area (Å²) in [5.74, 6) is 0.168. The highest BCUT2D eigenvalue weighted by molar-refractivity contribution is 7.10. The minimum atomic E-state index is -0.406. The van der Waals surface area contributed by atoms with Gasteiger partial charge in [-0.15, -0.1) is 11.3 Å². The van der Waals surface area contributed by atoms with Crippen LogP contribution in [0.4, 0.5) is 0 Å². The molecule has 2 aliphatic rings. The SMILES string of the molecule is COC(=O)CCCCCCC1C(C#N)CC(O)C1CCCC(O)C1(c2cccs2)CCC1. The number of carbonyl (C=O) groups is 1. The highest BCUT2D eigenvalue weighted by Gasteiger charge is 2.46. The molecule has 0 spiro atoms. The van der Waals surface area contributed by atoms with E-state index in [0.717, 1.165) is 64.2 Å². The summed E-state index contributed by atoms with van der Waals surface area (Å²) in [5, 5.41) is 33.4. The fourth-order valence-electron chi connectivity index (χ4n) is 5.96. The van der Waals surface area contributed by atoms with Gasteiger partial charge in [-0.3, -0.25) is 4.79 Å². The van der Waals surface area contributed by atoms with Crippen LogP contribution in [0, 0.1) is 29.1 Å². The van der Waals surface area contributed by atoms with E-state index in [0.29, 0.717) is 12.8 Å². The molecular formula is C26H39NO4S. The zero-order valence-corrected chi connectivity index (χ0v) is 20.2. The number of aliphatic hydroxyl groups excluding tert-OH is 2. The molecule has 0 aliphatic heterocycles. The van der Waals surface area contributed by atoms with Gasteiger partial charge in [-0.25, -0.2) is 0 Å². The highest BCUT2D eigenvalue weighted by atomic mass is 32.1. The molecule has 0 radical (unpaired) electrons. The summed E-state index contributed by atoms with van der Waals surface area (Å²) in [6.45, 7) is 0. The van der Waals surface area contributed by atoms with E-state index in [9.17, 15) is 20.3 Å². The van der Waals surface area contributed by atoms with E-state index >= 15 is 0 Å². The van der Waals surface area contributed by atoms with Gasteiger partial charge in [-0.1, -0.05) is 38.2 Å². The lowest BCUT2D eigenvalue weighted by Gasteiger charge is -2.45. The highest BCUT2D eigenvalue weighted by Crippen LogP contribution is 2.50. The van der Waals surface area contributed by atoms with E-state index in [1.54, 1.807) is 11.3 Å². The summed E-state index contributed by atoms with van der Waals surface area (Å²) in [6.07, 6.45) is 11.0. The molecule has 0 amide bonds. The summed E-state index contributed by atoms with van der Waals surface area (Å²) in [7, 11) is 1.42. The van der Waals surface area contributed by atoms with E-state index in [1.165, 1.54) is 18.4 Å². The third-order valence-corrected chi connectivity index (χ3v) is 9.12. The minimum Gasteiger partial charge on any atom is -0.469 e. The molecule has 0 saturated heterocycles. The quantitative estimate of drug-likeness (QED) is 0.305. The molecule has 32 heavy (non-hydrogen) atoms. The van der Waals surface area contributed by atoms with Crippen molar-refractivity contribution in [3.8, 4) is 6.07 Å². The Balaban J connectivity index is 1.45. The van der Waals surface area contributed by atoms with Crippen molar-refractivity contribution in [2.75, 3.05) is 7.11 Å². The van der Waals surface area contributed by atoms with Crippen molar-refractivity contribution < 1.29 is 19.7 Å². The van der Waals surface area contributed by atoms with E-state index in [4.69, 9.17) is 0 Å². The fourth-order valence-corrected chi connectivity index (χ4v) is 6.99. The van der Waals surface area contributed by atoms with Gasteiger partial charge >= 0.3 is 5.97 Å². The van der Waals surface area contributed by atoms with Gasteiger partial charge in [0.1, 0.15) is 0 Å². The summed E-state index contributed by atoms with van der Waals surface area (Å²) in [4.78, 5) is 12.5. The van der Waals surface area contributed by atoms with Crippen molar-refractivity contribution in [2.45, 2.75) is 101 Å². The Morgan fingerprint density at radius 2 is 2.00 bits per heavy atom. The zero-order valence-electron chi connectivity index (χ0n) is 19.4. The number of ether oxygens (including phenoxy) is 1. The molecular weight excluding hydrogens is 422 g/mol. The van der Waals surface area contributed by atoms with Gasteiger partial charge in [0.05, 0.1) is 31.3 Å². The molecule has 0 aromatic carbocycles. The third kappa shape index (κ3) is 5.92. The first-order valence-electron chi connectivity index (χ1n) is 12.4. The van der Waals surface area contributed by atoms with Crippen LogP contribution in [-0.4, -0.2) is 35.5 Å². The van der Waals surface area contributed by atoms with Crippen molar-refractivity contribution >= 4 is 17.3 Å². The molecule has 2 saturated carbocycles. The molecule has 1 aromatic heterocycles. The largest absolute Gasteiger partial charge is 0.469 e. The molecule has 3 rings (SSSR count). The first kappa shape index (κ1) is 25.2. The Kier molecular flexibility index (Phi) is 9.58. The first-order valence-corrected chi connectivity index (χ1v) is 13.3. The number of rotatable bonds is 13. The topological polar surface area (TPSA) is 90.6 Å². The molecule has 6 heteroatoms. The van der Waals surface area contributed by atoms with Gasteiger partial charge in [-0.05, 0) is 68.2 Å². The Hall–Kier alpha value is -1.42. The number of hydrogen-bond donors (Lipinski definition) is 2. The summed E-state index contributed by atoms with van der Waals surface area (Å²) < 4.78 is 4.68. The molecule has 5 unspecified atom stereocenters. The van der Waals surface area contributed by atoms with Crippen molar-refractivity contribution in [2.24, 2.45) is 17.8 Å². The minimum absolute atomic E-state index is 0.0543. The van der Waals surface area contributed by atoms with Gasteiger partial charge in [-0.2, -0.15) is 5.26 Å². The second-order valence-corrected chi connectivity index (χ2v) is 10.8. The van der Waals surface area contributed by atoms with Crippen LogP contribution in [0.3, 0.4) is 0 Å². The van der Waals surface area contributed by atoms with Crippen LogP contribution in [0.15, 0.2) is 17.5 Å². The predicted octanol–water partition coefficient (Wildman–Crippen LogP) is 5.35. The molecule has 5 atom stereocenters. The number of aliphatic hydroxyl groups is 2. The van der Waals surface area contributed by atoms with Crippen LogP contribution in [0.5, 0.6) is 0 Å². The third-order valence-electron chi connectivity index (χ3n) is 8.03. The van der Waals surface area contributed by atoms with E-state index in [-0.39, 0.29) is 35.2 Å². The Morgan fingerprint density at radius 3 is 2.62 bits per heavy atom. The van der Waals surface area contributed by atoms with Gasteiger partial charge in [0.25, 0.3) is 0 Å². The number of carbonyl (C=O) groups excluding carboxylic acids is 1. The zero-order chi connectivity index (χ0) is 23.0. The average molecular weight is 462 g/mol. The smallest absolute Gasteiger partial charge is 0.305 e. The van der Waals surface area contributed by atoms with E-state index in [2.05, 4.69) is 28.3 Å². The van der Waals surface area contributed by atoms with Gasteiger partial charge < -0.3 is 14.9 Å². The number of hydrogen-bond acceptors (Lipinski definition) is 6. The molecule has 2 N–H and O–H groups in total. The Morgan fingerprint density at radius 1 is 1.25 bits per heavy atom. The second kappa shape index (κ2) is 12.2. The molecule has 1 aromatic rings.